The summed E-state index contributed by atoms with van der Waals surface area (Å²) in [7, 11) is -4.24. The predicted octanol–water partition coefficient (Wildman–Crippen LogP) is 2.70. The Bertz CT molecular complexity index is 965. The number of alkyl halides is 3. The molecule has 6 nitrogen and oxygen atoms in total. The lowest BCUT2D eigenvalue weighted by molar-refractivity contribution is -0.137. The molecule has 1 aliphatic heterocycles. The molecule has 1 saturated heterocycles. The Kier molecular flexibility index (Phi) is 6.13. The molecule has 2 aromatic carbocycles. The SMILES string of the molecule is O=C(CNS(=O)(=O)c1cccc(C(F)(F)F)c1)N1CCC(Nc2ccccc2)C1. The number of carbonyl (C=O) groups is 1. The van der Waals surface area contributed by atoms with E-state index in [1.54, 1.807) is 0 Å². The van der Waals surface area contributed by atoms with Crippen molar-refractivity contribution in [2.75, 3.05) is 25.0 Å². The first-order valence-corrected chi connectivity index (χ1v) is 10.4. The number of sulfonamides is 1. The van der Waals surface area contributed by atoms with Crippen LogP contribution in [0.5, 0.6) is 0 Å². The van der Waals surface area contributed by atoms with Crippen LogP contribution in [0.3, 0.4) is 0 Å². The Labute approximate surface area is 166 Å². The zero-order valence-electron chi connectivity index (χ0n) is 15.3. The number of nitrogens with one attached hydrogen (secondary N) is 2. The van der Waals surface area contributed by atoms with Crippen LogP contribution in [0.2, 0.25) is 0 Å². The molecule has 0 aliphatic carbocycles. The lowest BCUT2D eigenvalue weighted by atomic mass is 10.2. The van der Waals surface area contributed by atoms with Gasteiger partial charge in [0.05, 0.1) is 17.0 Å². The number of carbonyl (C=O) groups excluding carboxylic acids is 1. The number of nitrogens with zero attached hydrogens (tertiary/aromatic N) is 1. The smallest absolute Gasteiger partial charge is 0.380 e. The fourth-order valence-corrected chi connectivity index (χ4v) is 4.09. The van der Waals surface area contributed by atoms with Crippen LogP contribution in [0.1, 0.15) is 12.0 Å². The maximum absolute atomic E-state index is 12.8. The third kappa shape index (κ3) is 5.48. The number of rotatable bonds is 6. The molecule has 1 aliphatic rings. The summed E-state index contributed by atoms with van der Waals surface area (Å²) in [5.41, 5.74) is -0.141. The zero-order chi connectivity index (χ0) is 21.1. The fourth-order valence-electron chi connectivity index (χ4n) is 3.07. The van der Waals surface area contributed by atoms with Crippen molar-refractivity contribution in [1.29, 1.82) is 0 Å². The largest absolute Gasteiger partial charge is 0.416 e. The topological polar surface area (TPSA) is 78.5 Å². The molecule has 0 radical (unpaired) electrons. The van der Waals surface area contributed by atoms with Gasteiger partial charge in [0.25, 0.3) is 0 Å². The van der Waals surface area contributed by atoms with Crippen molar-refractivity contribution < 1.29 is 26.4 Å². The number of halogens is 3. The van der Waals surface area contributed by atoms with Gasteiger partial charge in [0, 0.05) is 24.8 Å². The van der Waals surface area contributed by atoms with Crippen molar-refractivity contribution in [2.45, 2.75) is 23.5 Å². The molecule has 1 fully saturated rings. The molecule has 1 amide bonds. The molecule has 0 aromatic heterocycles. The summed E-state index contributed by atoms with van der Waals surface area (Å²) in [5.74, 6) is -0.432. The third-order valence-corrected chi connectivity index (χ3v) is 5.97. The first-order valence-electron chi connectivity index (χ1n) is 8.91. The van der Waals surface area contributed by atoms with E-state index in [-0.39, 0.29) is 6.04 Å². The van der Waals surface area contributed by atoms with Gasteiger partial charge >= 0.3 is 6.18 Å². The summed E-state index contributed by atoms with van der Waals surface area (Å²) in [4.78, 5) is 13.3. The first-order chi connectivity index (χ1) is 13.6. The van der Waals surface area contributed by atoms with Gasteiger partial charge in [0.2, 0.25) is 15.9 Å². The van der Waals surface area contributed by atoms with Crippen LogP contribution in [0.15, 0.2) is 59.5 Å². The van der Waals surface area contributed by atoms with Gasteiger partial charge in [-0.15, -0.1) is 0 Å². The van der Waals surface area contributed by atoms with Crippen LogP contribution in [-0.4, -0.2) is 44.9 Å². The molecule has 156 valence electrons. The van der Waals surface area contributed by atoms with Crippen LogP contribution in [-0.2, 0) is 21.0 Å². The Morgan fingerprint density at radius 2 is 1.83 bits per heavy atom. The van der Waals surface area contributed by atoms with Gasteiger partial charge in [-0.3, -0.25) is 4.79 Å². The Morgan fingerprint density at radius 1 is 1.10 bits per heavy atom. The van der Waals surface area contributed by atoms with E-state index in [9.17, 15) is 26.4 Å². The van der Waals surface area contributed by atoms with Gasteiger partial charge in [0.1, 0.15) is 0 Å². The molecule has 0 spiro atoms. The molecule has 1 unspecified atom stereocenters. The standard InChI is InChI=1S/C19H20F3N3O3S/c20-19(21,22)14-5-4-8-17(11-14)29(27,28)23-12-18(26)25-10-9-16(13-25)24-15-6-2-1-3-7-15/h1-8,11,16,23-24H,9-10,12-13H2. The second kappa shape index (κ2) is 8.42. The minimum Gasteiger partial charge on any atom is -0.380 e. The maximum Gasteiger partial charge on any atom is 0.416 e. The maximum atomic E-state index is 12.8. The number of anilines is 1. The molecular formula is C19H20F3N3O3S. The van der Waals surface area contributed by atoms with Crippen molar-refractivity contribution in [1.82, 2.24) is 9.62 Å². The van der Waals surface area contributed by atoms with E-state index in [4.69, 9.17) is 0 Å². The molecule has 2 N–H and O–H groups in total. The molecule has 2 aromatic rings. The minimum absolute atomic E-state index is 0.0430. The zero-order valence-corrected chi connectivity index (χ0v) is 16.1. The average molecular weight is 427 g/mol. The molecule has 1 atom stereocenters. The first kappa shape index (κ1) is 21.1. The molecule has 0 saturated carbocycles. The number of likely N-dealkylation sites (tertiary alicyclic amines) is 1. The van der Waals surface area contributed by atoms with Crippen LogP contribution in [0.25, 0.3) is 0 Å². The van der Waals surface area contributed by atoms with Gasteiger partial charge in [-0.25, -0.2) is 13.1 Å². The van der Waals surface area contributed by atoms with Gasteiger partial charge in [0.15, 0.2) is 0 Å². The van der Waals surface area contributed by atoms with E-state index in [1.165, 1.54) is 4.90 Å². The highest BCUT2D eigenvalue weighted by atomic mass is 32.2. The van der Waals surface area contributed by atoms with Gasteiger partial charge < -0.3 is 10.2 Å². The summed E-state index contributed by atoms with van der Waals surface area (Å²) in [6.45, 7) is 0.365. The molecule has 1 heterocycles. The summed E-state index contributed by atoms with van der Waals surface area (Å²) in [6.07, 6.45) is -3.95. The number of hydrogen-bond acceptors (Lipinski definition) is 4. The molecule has 29 heavy (non-hydrogen) atoms. The number of hydrogen-bond donors (Lipinski definition) is 2. The number of benzene rings is 2. The quantitative estimate of drug-likeness (QED) is 0.743. The summed E-state index contributed by atoms with van der Waals surface area (Å²) >= 11 is 0. The Balaban J connectivity index is 1.56. The highest BCUT2D eigenvalue weighted by Crippen LogP contribution is 2.30. The highest BCUT2D eigenvalue weighted by molar-refractivity contribution is 7.89. The number of amides is 1. The van der Waals surface area contributed by atoms with Crippen molar-refractivity contribution in [3.8, 4) is 0 Å². The molecule has 10 heteroatoms. The summed E-state index contributed by atoms with van der Waals surface area (Å²) in [6, 6.07) is 12.9. The van der Waals surface area contributed by atoms with Crippen LogP contribution < -0.4 is 10.0 Å². The minimum atomic E-state index is -4.66. The third-order valence-electron chi connectivity index (χ3n) is 4.57. The lowest BCUT2D eigenvalue weighted by Gasteiger charge is -2.18. The van der Waals surface area contributed by atoms with E-state index in [0.29, 0.717) is 25.6 Å². The van der Waals surface area contributed by atoms with Crippen LogP contribution in [0, 0.1) is 0 Å². The van der Waals surface area contributed by atoms with Crippen molar-refractivity contribution in [2.24, 2.45) is 0 Å². The highest BCUT2D eigenvalue weighted by Gasteiger charge is 2.32. The van der Waals surface area contributed by atoms with Crippen molar-refractivity contribution in [3.63, 3.8) is 0 Å². The fraction of sp³-hybridized carbons (Fsp3) is 0.316. The molecule has 0 bridgehead atoms. The van der Waals surface area contributed by atoms with Crippen LogP contribution >= 0.6 is 0 Å². The average Bonchev–Trinajstić information content (AvgIpc) is 3.15. The second-order valence-electron chi connectivity index (χ2n) is 6.69. The van der Waals surface area contributed by atoms with Crippen LogP contribution in [0.4, 0.5) is 18.9 Å². The summed E-state index contributed by atoms with van der Waals surface area (Å²) in [5, 5.41) is 3.31. The Hall–Kier alpha value is -2.59. The molecular weight excluding hydrogens is 407 g/mol. The van der Waals surface area contributed by atoms with E-state index in [0.717, 1.165) is 23.9 Å². The van der Waals surface area contributed by atoms with Gasteiger partial charge in [-0.1, -0.05) is 24.3 Å². The normalized spacial score (nSPS) is 17.3. The van der Waals surface area contributed by atoms with E-state index in [1.807, 2.05) is 30.3 Å². The summed E-state index contributed by atoms with van der Waals surface area (Å²) < 4.78 is 65.0. The van der Waals surface area contributed by atoms with E-state index >= 15 is 0 Å². The lowest BCUT2D eigenvalue weighted by Crippen LogP contribution is -2.40. The Morgan fingerprint density at radius 3 is 2.52 bits per heavy atom. The van der Waals surface area contributed by atoms with Crippen molar-refractivity contribution in [3.05, 3.63) is 60.2 Å². The van der Waals surface area contributed by atoms with Crippen molar-refractivity contribution >= 4 is 21.6 Å². The predicted molar refractivity (Wildman–Crippen MR) is 102 cm³/mol. The molecule has 3 rings (SSSR count). The van der Waals surface area contributed by atoms with E-state index in [2.05, 4.69) is 10.0 Å². The van der Waals surface area contributed by atoms with E-state index < -0.39 is 39.1 Å². The monoisotopic (exact) mass is 427 g/mol. The number of para-hydroxylation sites is 1. The van der Waals surface area contributed by atoms with Gasteiger partial charge in [-0.2, -0.15) is 13.2 Å². The second-order valence-corrected chi connectivity index (χ2v) is 8.45. The van der Waals surface area contributed by atoms with Gasteiger partial charge in [-0.05, 0) is 36.8 Å².